The van der Waals surface area contributed by atoms with Gasteiger partial charge in [-0.1, -0.05) is 6.07 Å². The molecule has 1 amide bonds. The van der Waals surface area contributed by atoms with Crippen molar-refractivity contribution in [2.75, 3.05) is 19.4 Å². The molecule has 1 unspecified atom stereocenters. The number of halogens is 1. The number of benzene rings is 1. The molecule has 1 heterocycles. The molecule has 0 aliphatic carbocycles. The number of amides is 1. The lowest BCUT2D eigenvalue weighted by Crippen LogP contribution is -2.35. The SMILES string of the molecule is Cc1ccc(NC(=O)C(C)n2ncc(F)c(C)c2=O)cc1S(=O)(=O)N(C)C. The molecule has 1 aromatic carbocycles. The fourth-order valence-electron chi connectivity index (χ4n) is 2.32. The van der Waals surface area contributed by atoms with Gasteiger partial charge in [0.1, 0.15) is 6.04 Å². The second-order valence-electron chi connectivity index (χ2n) is 6.30. The predicted molar refractivity (Wildman–Crippen MR) is 98.6 cm³/mol. The Bertz CT molecular complexity index is 1050. The molecule has 1 atom stereocenters. The van der Waals surface area contributed by atoms with Crippen molar-refractivity contribution in [3.05, 3.63) is 51.7 Å². The standard InChI is InChI=1S/C17H21FN4O4S/c1-10-6-7-13(8-15(10)27(25,26)21(4)5)20-16(23)12(3)22-17(24)11(2)14(18)9-19-22/h6-9,12H,1-5H3,(H,20,23). The van der Waals surface area contributed by atoms with Crippen molar-refractivity contribution in [1.82, 2.24) is 14.1 Å². The number of nitrogens with zero attached hydrogens (tertiary/aromatic N) is 3. The van der Waals surface area contributed by atoms with E-state index in [9.17, 15) is 22.4 Å². The first-order valence-electron chi connectivity index (χ1n) is 8.04. The molecule has 10 heteroatoms. The Hall–Kier alpha value is -2.59. The van der Waals surface area contributed by atoms with E-state index < -0.39 is 33.3 Å². The van der Waals surface area contributed by atoms with E-state index in [-0.39, 0.29) is 16.1 Å². The van der Waals surface area contributed by atoms with E-state index in [4.69, 9.17) is 0 Å². The van der Waals surface area contributed by atoms with Crippen LogP contribution in [0.3, 0.4) is 0 Å². The monoisotopic (exact) mass is 396 g/mol. The highest BCUT2D eigenvalue weighted by Crippen LogP contribution is 2.23. The molecule has 1 aromatic heterocycles. The highest BCUT2D eigenvalue weighted by Gasteiger charge is 2.22. The van der Waals surface area contributed by atoms with Crippen LogP contribution in [-0.4, -0.2) is 42.5 Å². The number of aromatic nitrogens is 2. The number of aryl methyl sites for hydroxylation is 1. The van der Waals surface area contributed by atoms with Crippen LogP contribution in [0, 0.1) is 19.7 Å². The molecule has 146 valence electrons. The average molecular weight is 396 g/mol. The van der Waals surface area contributed by atoms with Crippen molar-refractivity contribution in [1.29, 1.82) is 0 Å². The second-order valence-corrected chi connectivity index (χ2v) is 8.42. The topological polar surface area (TPSA) is 101 Å². The van der Waals surface area contributed by atoms with E-state index in [2.05, 4.69) is 10.4 Å². The summed E-state index contributed by atoms with van der Waals surface area (Å²) < 4.78 is 40.1. The van der Waals surface area contributed by atoms with Crippen LogP contribution >= 0.6 is 0 Å². The Morgan fingerprint density at radius 2 is 1.93 bits per heavy atom. The van der Waals surface area contributed by atoms with Crippen LogP contribution in [0.15, 0.2) is 34.1 Å². The summed E-state index contributed by atoms with van der Waals surface area (Å²) in [5.74, 6) is -1.34. The highest BCUT2D eigenvalue weighted by atomic mass is 32.2. The van der Waals surface area contributed by atoms with Gasteiger partial charge in [-0.25, -0.2) is 21.8 Å². The van der Waals surface area contributed by atoms with Gasteiger partial charge in [0, 0.05) is 19.8 Å². The van der Waals surface area contributed by atoms with Crippen molar-refractivity contribution in [2.24, 2.45) is 0 Å². The third-order valence-electron chi connectivity index (χ3n) is 4.14. The molecule has 0 aliphatic heterocycles. The number of rotatable bonds is 5. The normalized spacial score (nSPS) is 12.9. The Balaban J connectivity index is 2.34. The fourth-order valence-corrected chi connectivity index (χ4v) is 3.47. The van der Waals surface area contributed by atoms with Crippen molar-refractivity contribution in [2.45, 2.75) is 31.7 Å². The van der Waals surface area contributed by atoms with Gasteiger partial charge in [-0.05, 0) is 38.5 Å². The van der Waals surface area contributed by atoms with Crippen LogP contribution in [0.1, 0.15) is 24.1 Å². The third-order valence-corrected chi connectivity index (χ3v) is 6.10. The lowest BCUT2D eigenvalue weighted by Gasteiger charge is -2.17. The lowest BCUT2D eigenvalue weighted by atomic mass is 10.2. The summed E-state index contributed by atoms with van der Waals surface area (Å²) in [7, 11) is -0.855. The van der Waals surface area contributed by atoms with E-state index in [0.717, 1.165) is 15.2 Å². The molecule has 8 nitrogen and oxygen atoms in total. The number of hydrogen-bond acceptors (Lipinski definition) is 5. The maximum Gasteiger partial charge on any atom is 0.273 e. The van der Waals surface area contributed by atoms with Gasteiger partial charge in [-0.3, -0.25) is 9.59 Å². The molecular weight excluding hydrogens is 375 g/mol. The van der Waals surface area contributed by atoms with Crippen molar-refractivity contribution in [3.8, 4) is 0 Å². The van der Waals surface area contributed by atoms with Crippen molar-refractivity contribution < 1.29 is 17.6 Å². The molecule has 0 radical (unpaired) electrons. The molecule has 0 bridgehead atoms. The summed E-state index contributed by atoms with van der Waals surface area (Å²) in [4.78, 5) is 24.6. The Morgan fingerprint density at radius 3 is 2.52 bits per heavy atom. The molecule has 0 fully saturated rings. The van der Waals surface area contributed by atoms with E-state index in [1.54, 1.807) is 19.1 Å². The molecule has 2 aromatic rings. The first-order valence-corrected chi connectivity index (χ1v) is 9.48. The summed E-state index contributed by atoms with van der Waals surface area (Å²) in [6.07, 6.45) is 0.869. The Labute approximate surface area is 156 Å². The summed E-state index contributed by atoms with van der Waals surface area (Å²) >= 11 is 0. The highest BCUT2D eigenvalue weighted by molar-refractivity contribution is 7.89. The molecule has 0 saturated carbocycles. The minimum Gasteiger partial charge on any atom is -0.324 e. The molecule has 0 saturated heterocycles. The Kier molecular flexibility index (Phi) is 5.81. The quantitative estimate of drug-likeness (QED) is 0.824. The van der Waals surface area contributed by atoms with E-state index in [0.29, 0.717) is 5.56 Å². The third kappa shape index (κ3) is 4.06. The van der Waals surface area contributed by atoms with Gasteiger partial charge in [-0.15, -0.1) is 0 Å². The first-order chi connectivity index (χ1) is 12.5. The molecule has 2 rings (SSSR count). The van der Waals surface area contributed by atoms with Crippen molar-refractivity contribution >= 4 is 21.6 Å². The van der Waals surface area contributed by atoms with Crippen LogP contribution in [0.25, 0.3) is 0 Å². The van der Waals surface area contributed by atoms with Gasteiger partial charge in [0.15, 0.2) is 5.82 Å². The first kappa shape index (κ1) is 20.7. The minimum atomic E-state index is -3.68. The zero-order chi connectivity index (χ0) is 20.5. The van der Waals surface area contributed by atoms with Crippen LogP contribution in [0.4, 0.5) is 10.1 Å². The molecule has 1 N–H and O–H groups in total. The van der Waals surface area contributed by atoms with Crippen molar-refractivity contribution in [3.63, 3.8) is 0 Å². The number of carbonyl (C=O) groups excluding carboxylic acids is 1. The number of nitrogens with one attached hydrogen (secondary N) is 1. The minimum absolute atomic E-state index is 0.0610. The van der Waals surface area contributed by atoms with Gasteiger partial charge >= 0.3 is 0 Å². The van der Waals surface area contributed by atoms with Crippen LogP contribution in [0.2, 0.25) is 0 Å². The van der Waals surface area contributed by atoms with Crippen LogP contribution in [-0.2, 0) is 14.8 Å². The van der Waals surface area contributed by atoms with E-state index >= 15 is 0 Å². The number of anilines is 1. The maximum atomic E-state index is 13.4. The van der Waals surface area contributed by atoms with Crippen LogP contribution < -0.4 is 10.9 Å². The largest absolute Gasteiger partial charge is 0.324 e. The molecule has 0 spiro atoms. The maximum absolute atomic E-state index is 13.4. The molecule has 27 heavy (non-hydrogen) atoms. The molecule has 0 aliphatic rings. The number of carbonyl (C=O) groups is 1. The Morgan fingerprint density at radius 1 is 1.30 bits per heavy atom. The van der Waals surface area contributed by atoms with Crippen LogP contribution in [0.5, 0.6) is 0 Å². The smallest absolute Gasteiger partial charge is 0.273 e. The summed E-state index contributed by atoms with van der Waals surface area (Å²) in [6.45, 7) is 4.39. The number of sulfonamides is 1. The van der Waals surface area contributed by atoms with Gasteiger partial charge in [0.05, 0.1) is 16.7 Å². The van der Waals surface area contributed by atoms with E-state index in [1.165, 1.54) is 34.0 Å². The number of hydrogen-bond donors (Lipinski definition) is 1. The fraction of sp³-hybridized carbons (Fsp3) is 0.353. The zero-order valence-electron chi connectivity index (χ0n) is 15.6. The van der Waals surface area contributed by atoms with Gasteiger partial charge in [-0.2, -0.15) is 5.10 Å². The summed E-state index contributed by atoms with van der Waals surface area (Å²) in [5.41, 5.74) is -0.0664. The summed E-state index contributed by atoms with van der Waals surface area (Å²) in [6, 6.07) is 3.46. The average Bonchev–Trinajstić information content (AvgIpc) is 2.60. The summed E-state index contributed by atoms with van der Waals surface area (Å²) in [5, 5.41) is 6.23. The zero-order valence-corrected chi connectivity index (χ0v) is 16.5. The molecular formula is C17H21FN4O4S. The van der Waals surface area contributed by atoms with Gasteiger partial charge in [0.2, 0.25) is 15.9 Å². The van der Waals surface area contributed by atoms with Gasteiger partial charge < -0.3 is 5.32 Å². The lowest BCUT2D eigenvalue weighted by molar-refractivity contribution is -0.119. The van der Waals surface area contributed by atoms with Gasteiger partial charge in [0.25, 0.3) is 5.56 Å². The van der Waals surface area contributed by atoms with E-state index in [1.807, 2.05) is 0 Å². The second kappa shape index (κ2) is 7.57. The predicted octanol–water partition coefficient (Wildman–Crippen LogP) is 1.45.